The van der Waals surface area contributed by atoms with Gasteiger partial charge >= 0.3 is 0 Å². The van der Waals surface area contributed by atoms with E-state index >= 15 is 0 Å². The fourth-order valence-corrected chi connectivity index (χ4v) is 3.74. The van der Waals surface area contributed by atoms with Crippen LogP contribution in [-0.4, -0.2) is 48.6 Å². The first-order valence-electron chi connectivity index (χ1n) is 8.20. The normalized spacial score (nSPS) is 20.2. The van der Waals surface area contributed by atoms with Crippen molar-refractivity contribution in [3.05, 3.63) is 23.2 Å². The van der Waals surface area contributed by atoms with E-state index in [1.807, 2.05) is 11.6 Å². The second-order valence-electron chi connectivity index (χ2n) is 5.89. The molecule has 0 atom stereocenters. The molecule has 0 bridgehead atoms. The maximum absolute atomic E-state index is 6.15. The Hall–Kier alpha value is -1.56. The van der Waals surface area contributed by atoms with E-state index in [0.717, 1.165) is 44.3 Å². The molecule has 0 spiro atoms. The first kappa shape index (κ1) is 15.3. The van der Waals surface area contributed by atoms with Crippen molar-refractivity contribution in [2.75, 3.05) is 37.6 Å². The molecule has 6 heteroatoms. The van der Waals surface area contributed by atoms with Gasteiger partial charge in [-0.1, -0.05) is 11.6 Å². The number of thiazole rings is 1. The summed E-state index contributed by atoms with van der Waals surface area (Å²) in [5, 5.41) is 3.14. The van der Waals surface area contributed by atoms with Crippen LogP contribution in [-0.2, 0) is 0 Å². The highest BCUT2D eigenvalue weighted by atomic mass is 32.1. The topological polar surface area (TPSA) is 57.8 Å². The number of aliphatic imine (C=N–C) groups is 1. The van der Waals surface area contributed by atoms with Crippen molar-refractivity contribution in [2.24, 2.45) is 10.7 Å². The average molecular weight is 319 g/mol. The summed E-state index contributed by atoms with van der Waals surface area (Å²) in [6.45, 7) is 4.61. The number of allylic oxidation sites excluding steroid dienone is 1. The van der Waals surface area contributed by atoms with Gasteiger partial charge in [0.2, 0.25) is 0 Å². The lowest BCUT2D eigenvalue weighted by molar-refractivity contribution is 0.380. The highest BCUT2D eigenvalue weighted by molar-refractivity contribution is 7.13. The zero-order chi connectivity index (χ0) is 15.2. The quantitative estimate of drug-likeness (QED) is 0.526. The summed E-state index contributed by atoms with van der Waals surface area (Å²) < 4.78 is 0. The number of hydrogen-bond donors (Lipinski definition) is 1. The molecular weight excluding hydrogens is 294 g/mol. The molecule has 0 radical (unpaired) electrons. The minimum atomic E-state index is 0.704. The van der Waals surface area contributed by atoms with Crippen molar-refractivity contribution in [2.45, 2.75) is 32.1 Å². The molecule has 0 saturated carbocycles. The van der Waals surface area contributed by atoms with Crippen LogP contribution in [0.1, 0.15) is 32.1 Å². The summed E-state index contributed by atoms with van der Waals surface area (Å²) in [6, 6.07) is 0. The van der Waals surface area contributed by atoms with Gasteiger partial charge in [-0.3, -0.25) is 4.99 Å². The van der Waals surface area contributed by atoms with Crippen LogP contribution in [0.4, 0.5) is 5.13 Å². The molecule has 0 amide bonds. The Morgan fingerprint density at radius 1 is 1.27 bits per heavy atom. The van der Waals surface area contributed by atoms with E-state index in [9.17, 15) is 0 Å². The van der Waals surface area contributed by atoms with Crippen LogP contribution in [0.25, 0.3) is 0 Å². The lowest BCUT2D eigenvalue weighted by atomic mass is 9.97. The molecule has 2 N–H and O–H groups in total. The van der Waals surface area contributed by atoms with Crippen molar-refractivity contribution in [1.82, 2.24) is 9.88 Å². The molecule has 1 aromatic heterocycles. The lowest BCUT2D eigenvalue weighted by Gasteiger charge is -2.35. The maximum Gasteiger partial charge on any atom is 0.191 e. The third-order valence-corrected chi connectivity index (χ3v) is 5.22. The van der Waals surface area contributed by atoms with Crippen LogP contribution < -0.4 is 10.6 Å². The van der Waals surface area contributed by atoms with Gasteiger partial charge in [0, 0.05) is 44.3 Å². The minimum Gasteiger partial charge on any atom is -0.370 e. The van der Waals surface area contributed by atoms with E-state index in [1.54, 1.807) is 16.9 Å². The zero-order valence-corrected chi connectivity index (χ0v) is 13.9. The van der Waals surface area contributed by atoms with Crippen LogP contribution in [0.2, 0.25) is 0 Å². The third-order valence-electron chi connectivity index (χ3n) is 4.39. The molecule has 2 aliphatic rings. The highest BCUT2D eigenvalue weighted by Crippen LogP contribution is 2.20. The first-order valence-corrected chi connectivity index (χ1v) is 9.08. The standard InChI is InChI=1S/C16H25N5S/c17-15(18-7-6-14-4-2-1-3-5-14)20-9-11-21(12-10-20)16-19-8-13-22-16/h4,8,13H,1-3,5-7,9-12H2,(H2,17,18). The zero-order valence-electron chi connectivity index (χ0n) is 13.1. The number of anilines is 1. The number of guanidine groups is 1. The number of nitrogens with zero attached hydrogens (tertiary/aromatic N) is 4. The predicted molar refractivity (Wildman–Crippen MR) is 93.6 cm³/mol. The van der Waals surface area contributed by atoms with Crippen molar-refractivity contribution >= 4 is 22.4 Å². The molecule has 0 aromatic carbocycles. The van der Waals surface area contributed by atoms with E-state index in [0.29, 0.717) is 5.96 Å². The molecule has 2 heterocycles. The number of piperazine rings is 1. The van der Waals surface area contributed by atoms with Crippen molar-refractivity contribution in [3.63, 3.8) is 0 Å². The molecule has 22 heavy (non-hydrogen) atoms. The number of hydrogen-bond acceptors (Lipinski definition) is 4. The number of aromatic nitrogens is 1. The molecule has 0 unspecified atom stereocenters. The lowest BCUT2D eigenvalue weighted by Crippen LogP contribution is -2.51. The third kappa shape index (κ3) is 4.00. The van der Waals surface area contributed by atoms with Gasteiger partial charge in [-0.2, -0.15) is 0 Å². The van der Waals surface area contributed by atoms with E-state index in [4.69, 9.17) is 5.73 Å². The van der Waals surface area contributed by atoms with Crippen LogP contribution in [0.3, 0.4) is 0 Å². The molecule has 120 valence electrons. The van der Waals surface area contributed by atoms with Gasteiger partial charge in [0.25, 0.3) is 0 Å². The first-order chi connectivity index (χ1) is 10.8. The SMILES string of the molecule is NC(=NCCC1=CCCCC1)N1CCN(c2nccs2)CC1. The molecule has 5 nitrogen and oxygen atoms in total. The highest BCUT2D eigenvalue weighted by Gasteiger charge is 2.19. The summed E-state index contributed by atoms with van der Waals surface area (Å²) in [6.07, 6.45) is 10.5. The van der Waals surface area contributed by atoms with Gasteiger partial charge in [0.15, 0.2) is 11.1 Å². The van der Waals surface area contributed by atoms with E-state index < -0.39 is 0 Å². The van der Waals surface area contributed by atoms with Crippen LogP contribution in [0.15, 0.2) is 28.2 Å². The molecule has 1 fully saturated rings. The van der Waals surface area contributed by atoms with Gasteiger partial charge in [-0.05, 0) is 32.1 Å². The van der Waals surface area contributed by atoms with Gasteiger partial charge in [0.05, 0.1) is 0 Å². The molecular formula is C16H25N5S. The molecule has 1 aromatic rings. The van der Waals surface area contributed by atoms with Crippen molar-refractivity contribution in [1.29, 1.82) is 0 Å². The Morgan fingerprint density at radius 2 is 2.14 bits per heavy atom. The van der Waals surface area contributed by atoms with E-state index in [2.05, 4.69) is 25.9 Å². The second-order valence-corrected chi connectivity index (χ2v) is 6.76. The summed E-state index contributed by atoms with van der Waals surface area (Å²) in [5.74, 6) is 0.704. The fourth-order valence-electron chi connectivity index (χ4n) is 3.04. The Balaban J connectivity index is 1.44. The fraction of sp³-hybridized carbons (Fsp3) is 0.625. The van der Waals surface area contributed by atoms with Crippen LogP contribution >= 0.6 is 11.3 Å². The Bertz CT molecular complexity index is 515. The largest absolute Gasteiger partial charge is 0.370 e. The van der Waals surface area contributed by atoms with Gasteiger partial charge < -0.3 is 15.5 Å². The Kier molecular flexibility index (Phi) is 5.32. The van der Waals surface area contributed by atoms with E-state index in [1.165, 1.54) is 25.7 Å². The maximum atomic E-state index is 6.15. The minimum absolute atomic E-state index is 0.704. The number of rotatable bonds is 4. The van der Waals surface area contributed by atoms with Crippen molar-refractivity contribution in [3.8, 4) is 0 Å². The smallest absolute Gasteiger partial charge is 0.191 e. The summed E-state index contributed by atoms with van der Waals surface area (Å²) in [4.78, 5) is 13.5. The van der Waals surface area contributed by atoms with Gasteiger partial charge in [-0.25, -0.2) is 4.98 Å². The summed E-state index contributed by atoms with van der Waals surface area (Å²) >= 11 is 1.70. The van der Waals surface area contributed by atoms with Crippen molar-refractivity contribution < 1.29 is 0 Å². The predicted octanol–water partition coefficient (Wildman–Crippen LogP) is 2.47. The van der Waals surface area contributed by atoms with Gasteiger partial charge in [-0.15, -0.1) is 11.3 Å². The summed E-state index contributed by atoms with van der Waals surface area (Å²) in [7, 11) is 0. The Morgan fingerprint density at radius 3 is 2.82 bits per heavy atom. The average Bonchev–Trinajstić information content (AvgIpc) is 3.10. The second kappa shape index (κ2) is 7.63. The molecule has 1 aliphatic heterocycles. The van der Waals surface area contributed by atoms with Crippen LogP contribution in [0, 0.1) is 0 Å². The summed E-state index contributed by atoms with van der Waals surface area (Å²) in [5.41, 5.74) is 7.72. The van der Waals surface area contributed by atoms with E-state index in [-0.39, 0.29) is 0 Å². The van der Waals surface area contributed by atoms with Crippen LogP contribution in [0.5, 0.6) is 0 Å². The molecule has 1 saturated heterocycles. The monoisotopic (exact) mass is 319 g/mol. The molecule has 3 rings (SSSR count). The molecule has 1 aliphatic carbocycles. The Labute approximate surface area is 136 Å². The number of nitrogens with two attached hydrogens (primary N) is 1. The van der Waals surface area contributed by atoms with Gasteiger partial charge in [0.1, 0.15) is 0 Å².